The van der Waals surface area contributed by atoms with Crippen molar-refractivity contribution in [2.24, 2.45) is 0 Å². The number of carbonyl (C=O) groups is 1. The van der Waals surface area contributed by atoms with Gasteiger partial charge in [0.15, 0.2) is 16.7 Å². The minimum atomic E-state index is -0.487. The molecule has 0 aliphatic heterocycles. The van der Waals surface area contributed by atoms with Crippen LogP contribution in [-0.2, 0) is 17.8 Å². The van der Waals surface area contributed by atoms with Gasteiger partial charge in [0.25, 0.3) is 5.69 Å². The van der Waals surface area contributed by atoms with Gasteiger partial charge in [-0.25, -0.2) is 0 Å². The number of hydrogen-bond donors (Lipinski definition) is 1. The summed E-state index contributed by atoms with van der Waals surface area (Å²) in [6.45, 7) is 2.64. The van der Waals surface area contributed by atoms with E-state index in [1.54, 1.807) is 14.2 Å². The summed E-state index contributed by atoms with van der Waals surface area (Å²) in [5, 5.41) is 22.6. The molecule has 0 fully saturated rings. The van der Waals surface area contributed by atoms with Crippen LogP contribution in [-0.4, -0.2) is 45.6 Å². The SMILES string of the molecule is CCn1c(Cc2ccc(OC)c(OC)c2)nnc1SCC(=O)Nc1ccc([N+](=O)[O-])cc1. The second-order valence-corrected chi connectivity index (χ2v) is 7.59. The normalized spacial score (nSPS) is 10.6. The van der Waals surface area contributed by atoms with Crippen LogP contribution in [0.1, 0.15) is 18.3 Å². The first-order valence-electron chi connectivity index (χ1n) is 9.75. The molecule has 0 aliphatic carbocycles. The molecule has 0 atom stereocenters. The quantitative estimate of drug-likeness (QED) is 0.279. The summed E-state index contributed by atoms with van der Waals surface area (Å²) in [4.78, 5) is 22.5. The number of non-ortho nitro benzene ring substituents is 1. The van der Waals surface area contributed by atoms with Crippen LogP contribution < -0.4 is 14.8 Å². The average molecular weight is 458 g/mol. The first kappa shape index (κ1) is 23.1. The van der Waals surface area contributed by atoms with Crippen molar-refractivity contribution in [1.82, 2.24) is 14.8 Å². The summed E-state index contributed by atoms with van der Waals surface area (Å²) in [6.07, 6.45) is 0.552. The van der Waals surface area contributed by atoms with Crippen molar-refractivity contribution in [3.63, 3.8) is 0 Å². The molecular weight excluding hydrogens is 434 g/mol. The molecule has 0 spiro atoms. The van der Waals surface area contributed by atoms with Gasteiger partial charge in [0.1, 0.15) is 5.82 Å². The number of amides is 1. The Morgan fingerprint density at radius 2 is 1.84 bits per heavy atom. The van der Waals surface area contributed by atoms with E-state index >= 15 is 0 Å². The lowest BCUT2D eigenvalue weighted by atomic mass is 10.1. The Balaban J connectivity index is 1.63. The molecule has 0 saturated carbocycles. The van der Waals surface area contributed by atoms with Gasteiger partial charge in [0, 0.05) is 30.8 Å². The average Bonchev–Trinajstić information content (AvgIpc) is 3.19. The molecule has 2 aromatic carbocycles. The largest absolute Gasteiger partial charge is 0.493 e. The number of benzene rings is 2. The van der Waals surface area contributed by atoms with Gasteiger partial charge in [0.05, 0.1) is 24.9 Å². The highest BCUT2D eigenvalue weighted by Crippen LogP contribution is 2.29. The van der Waals surface area contributed by atoms with E-state index in [4.69, 9.17) is 9.47 Å². The Bertz CT molecular complexity index is 1100. The molecule has 1 amide bonds. The fourth-order valence-corrected chi connectivity index (χ4v) is 3.86. The summed E-state index contributed by atoms with van der Waals surface area (Å²) in [5.74, 6) is 1.97. The number of rotatable bonds is 10. The Hall–Kier alpha value is -3.60. The molecule has 3 aromatic rings. The van der Waals surface area contributed by atoms with Crippen LogP contribution in [0.5, 0.6) is 11.5 Å². The smallest absolute Gasteiger partial charge is 0.269 e. The molecule has 0 aliphatic rings. The van der Waals surface area contributed by atoms with Gasteiger partial charge in [0.2, 0.25) is 5.91 Å². The van der Waals surface area contributed by atoms with Gasteiger partial charge in [-0.05, 0) is 36.8 Å². The maximum atomic E-state index is 12.3. The van der Waals surface area contributed by atoms with Gasteiger partial charge in [-0.2, -0.15) is 0 Å². The first-order valence-corrected chi connectivity index (χ1v) is 10.7. The Morgan fingerprint density at radius 1 is 1.12 bits per heavy atom. The van der Waals surface area contributed by atoms with E-state index in [-0.39, 0.29) is 17.3 Å². The Morgan fingerprint density at radius 3 is 2.47 bits per heavy atom. The molecule has 1 N–H and O–H groups in total. The van der Waals surface area contributed by atoms with E-state index in [2.05, 4.69) is 15.5 Å². The summed E-state index contributed by atoms with van der Waals surface area (Å²) < 4.78 is 12.6. The van der Waals surface area contributed by atoms with Crippen molar-refractivity contribution in [3.05, 3.63) is 64.0 Å². The van der Waals surface area contributed by atoms with Crippen LogP contribution in [0.2, 0.25) is 0 Å². The number of aromatic nitrogens is 3. The van der Waals surface area contributed by atoms with E-state index in [9.17, 15) is 14.9 Å². The van der Waals surface area contributed by atoms with Crippen molar-refractivity contribution in [1.29, 1.82) is 0 Å². The number of nitrogens with one attached hydrogen (secondary N) is 1. The monoisotopic (exact) mass is 457 g/mol. The topological polar surface area (TPSA) is 121 Å². The minimum Gasteiger partial charge on any atom is -0.493 e. The number of nitro groups is 1. The number of hydrogen-bond acceptors (Lipinski definition) is 8. The van der Waals surface area contributed by atoms with Crippen molar-refractivity contribution in [2.75, 3.05) is 25.3 Å². The van der Waals surface area contributed by atoms with Crippen molar-refractivity contribution in [3.8, 4) is 11.5 Å². The van der Waals surface area contributed by atoms with Crippen LogP contribution in [0.15, 0.2) is 47.6 Å². The summed E-state index contributed by atoms with van der Waals surface area (Å²) in [6, 6.07) is 11.4. The second-order valence-electron chi connectivity index (χ2n) is 6.65. The fraction of sp³-hybridized carbons (Fsp3) is 0.286. The number of nitrogens with zero attached hydrogens (tertiary/aromatic N) is 4. The molecule has 0 saturated heterocycles. The predicted octanol–water partition coefficient (Wildman–Crippen LogP) is 3.55. The lowest BCUT2D eigenvalue weighted by Gasteiger charge is -2.10. The van der Waals surface area contributed by atoms with Crippen LogP contribution in [0.3, 0.4) is 0 Å². The van der Waals surface area contributed by atoms with E-state index in [0.29, 0.717) is 35.3 Å². The van der Waals surface area contributed by atoms with Gasteiger partial charge >= 0.3 is 0 Å². The van der Waals surface area contributed by atoms with Crippen LogP contribution in [0.25, 0.3) is 0 Å². The molecule has 1 heterocycles. The second kappa shape index (κ2) is 10.6. The van der Waals surface area contributed by atoms with Gasteiger partial charge < -0.3 is 19.4 Å². The molecule has 10 nitrogen and oxygen atoms in total. The Kier molecular flexibility index (Phi) is 7.66. The summed E-state index contributed by atoms with van der Waals surface area (Å²) in [7, 11) is 3.18. The number of anilines is 1. The van der Waals surface area contributed by atoms with Crippen LogP contribution in [0.4, 0.5) is 11.4 Å². The predicted molar refractivity (Wildman–Crippen MR) is 120 cm³/mol. The molecule has 11 heteroatoms. The van der Waals surface area contributed by atoms with Gasteiger partial charge in [-0.15, -0.1) is 10.2 Å². The number of ether oxygens (including phenoxy) is 2. The highest BCUT2D eigenvalue weighted by Gasteiger charge is 2.15. The van der Waals surface area contributed by atoms with E-state index in [1.807, 2.05) is 29.7 Å². The highest BCUT2D eigenvalue weighted by molar-refractivity contribution is 7.99. The maximum Gasteiger partial charge on any atom is 0.269 e. The third-order valence-electron chi connectivity index (χ3n) is 4.61. The lowest BCUT2D eigenvalue weighted by Crippen LogP contribution is -2.14. The number of thioether (sulfide) groups is 1. The van der Waals surface area contributed by atoms with Crippen molar-refractivity contribution in [2.45, 2.75) is 25.0 Å². The molecular formula is C21H23N5O5S. The molecule has 0 unspecified atom stereocenters. The van der Waals surface area contributed by atoms with E-state index < -0.39 is 4.92 Å². The molecule has 0 bridgehead atoms. The zero-order chi connectivity index (χ0) is 23.1. The Labute approximate surface area is 189 Å². The van der Waals surface area contributed by atoms with E-state index in [0.717, 1.165) is 11.4 Å². The number of methoxy groups -OCH3 is 2. The molecule has 32 heavy (non-hydrogen) atoms. The number of carbonyl (C=O) groups excluding carboxylic acids is 1. The van der Waals surface area contributed by atoms with Gasteiger partial charge in [-0.3, -0.25) is 14.9 Å². The summed E-state index contributed by atoms with van der Waals surface area (Å²) in [5.41, 5.74) is 1.46. The molecule has 1 aromatic heterocycles. The standard InChI is InChI=1S/C21H23N5O5S/c1-4-25-19(12-14-5-10-17(30-2)18(11-14)31-3)23-24-21(25)32-13-20(27)22-15-6-8-16(9-7-15)26(28)29/h5-11H,4,12-13H2,1-3H3,(H,22,27). The van der Waals surface area contributed by atoms with Crippen LogP contribution in [0, 0.1) is 10.1 Å². The minimum absolute atomic E-state index is 0.0320. The molecule has 3 rings (SSSR count). The lowest BCUT2D eigenvalue weighted by molar-refractivity contribution is -0.384. The first-order chi connectivity index (χ1) is 15.4. The molecule has 168 valence electrons. The van der Waals surface area contributed by atoms with Gasteiger partial charge in [-0.1, -0.05) is 17.8 Å². The van der Waals surface area contributed by atoms with Crippen molar-refractivity contribution >= 4 is 29.0 Å². The zero-order valence-corrected chi connectivity index (χ0v) is 18.7. The third-order valence-corrected chi connectivity index (χ3v) is 5.58. The van der Waals surface area contributed by atoms with Crippen molar-refractivity contribution < 1.29 is 19.2 Å². The fourth-order valence-electron chi connectivity index (χ4n) is 3.04. The molecule has 0 radical (unpaired) electrons. The third kappa shape index (κ3) is 5.55. The highest BCUT2D eigenvalue weighted by atomic mass is 32.2. The number of nitro benzene ring substituents is 1. The van der Waals surface area contributed by atoms with E-state index in [1.165, 1.54) is 36.0 Å². The maximum absolute atomic E-state index is 12.3. The summed E-state index contributed by atoms with van der Waals surface area (Å²) >= 11 is 1.28. The van der Waals surface area contributed by atoms with Crippen LogP contribution >= 0.6 is 11.8 Å². The zero-order valence-electron chi connectivity index (χ0n) is 17.9.